The van der Waals surface area contributed by atoms with Crippen LogP contribution in [0.4, 0.5) is 4.39 Å². The minimum atomic E-state index is -1.35. The topological polar surface area (TPSA) is 73.6 Å². The average Bonchev–Trinajstić information content (AvgIpc) is 3.16. The predicted octanol–water partition coefficient (Wildman–Crippen LogP) is 2.82. The molecule has 1 aliphatic rings. The molecule has 1 atom stereocenters. The third-order valence-electron chi connectivity index (χ3n) is 3.82. The van der Waals surface area contributed by atoms with Crippen molar-refractivity contribution in [2.45, 2.75) is 19.4 Å². The molecule has 2 aromatic rings. The lowest BCUT2D eigenvalue weighted by Crippen LogP contribution is -2.49. The molecule has 26 heavy (non-hydrogen) atoms. The maximum absolute atomic E-state index is 13.0. The Hall–Kier alpha value is -2.45. The number of hydrogen-bond donors (Lipinski definition) is 0. The molecule has 0 radical (unpaired) electrons. The first-order valence-electron chi connectivity index (χ1n) is 7.74. The maximum atomic E-state index is 13.0. The number of carbonyl (C=O) groups excluding carboxylic acids is 2. The van der Waals surface area contributed by atoms with E-state index in [2.05, 4.69) is 0 Å². The van der Waals surface area contributed by atoms with Gasteiger partial charge in [-0.1, -0.05) is 30.9 Å². The van der Waals surface area contributed by atoms with Crippen molar-refractivity contribution in [2.75, 3.05) is 0 Å². The van der Waals surface area contributed by atoms with Crippen LogP contribution in [0.1, 0.15) is 19.1 Å². The van der Waals surface area contributed by atoms with Crippen LogP contribution in [0.25, 0.3) is 17.4 Å². The summed E-state index contributed by atoms with van der Waals surface area (Å²) in [5.41, 5.74) is 0.696. The molecule has 5 nitrogen and oxygen atoms in total. The number of thiocarbonyl (C=S) groups is 1. The second kappa shape index (κ2) is 7.43. The number of carboxylic acid groups (broad SMARTS) is 1. The number of furan rings is 1. The Kier molecular flexibility index (Phi) is 5.24. The molecule has 2 heterocycles. The average molecular weight is 390 g/mol. The van der Waals surface area contributed by atoms with Crippen LogP contribution < -0.4 is 5.11 Å². The van der Waals surface area contributed by atoms with Crippen LogP contribution in [0, 0.1) is 5.82 Å². The fourth-order valence-corrected chi connectivity index (χ4v) is 3.87. The number of aliphatic carboxylic acids is 1. The lowest BCUT2D eigenvalue weighted by molar-refractivity contribution is -0.310. The SMILES string of the molecule is CC[C@@H](C(=O)[O-])N1C(=O)/C(=C\c2ccc(-c3ccc(F)cc3)o2)SC1=S. The lowest BCUT2D eigenvalue weighted by atomic mass is 10.2. The zero-order chi connectivity index (χ0) is 18.8. The van der Waals surface area contributed by atoms with Gasteiger partial charge >= 0.3 is 0 Å². The monoisotopic (exact) mass is 390 g/mol. The van der Waals surface area contributed by atoms with Gasteiger partial charge in [-0.3, -0.25) is 9.69 Å². The molecular formula is C18H13FNO4S2-. The quantitative estimate of drug-likeness (QED) is 0.577. The third-order valence-corrected chi connectivity index (χ3v) is 5.15. The summed E-state index contributed by atoms with van der Waals surface area (Å²) in [7, 11) is 0. The van der Waals surface area contributed by atoms with Crippen LogP contribution in [0.2, 0.25) is 0 Å². The number of hydrogen-bond acceptors (Lipinski definition) is 6. The van der Waals surface area contributed by atoms with E-state index in [1.165, 1.54) is 18.2 Å². The van der Waals surface area contributed by atoms with Gasteiger partial charge < -0.3 is 14.3 Å². The predicted molar refractivity (Wildman–Crippen MR) is 98.2 cm³/mol. The zero-order valence-corrected chi connectivity index (χ0v) is 15.2. The molecule has 0 N–H and O–H groups in total. The van der Waals surface area contributed by atoms with Crippen molar-refractivity contribution >= 4 is 46.3 Å². The first kappa shape index (κ1) is 18.3. The number of halogens is 1. The summed E-state index contributed by atoms with van der Waals surface area (Å²) in [5, 5.41) is 11.2. The standard InChI is InChI=1S/C18H14FNO4S2/c1-2-13(17(22)23)20-16(21)15(26-18(20)25)9-12-7-8-14(24-12)10-3-5-11(19)6-4-10/h3-9,13H,2H2,1H3,(H,22,23)/p-1/b15-9+/t13-/m0/s1. The summed E-state index contributed by atoms with van der Waals surface area (Å²) in [6.45, 7) is 1.64. The van der Waals surface area contributed by atoms with E-state index in [-0.39, 0.29) is 21.5 Å². The highest BCUT2D eigenvalue weighted by Gasteiger charge is 2.37. The molecule has 0 unspecified atom stereocenters. The van der Waals surface area contributed by atoms with E-state index in [4.69, 9.17) is 16.6 Å². The normalized spacial score (nSPS) is 17.2. The smallest absolute Gasteiger partial charge is 0.266 e. The molecule has 1 saturated heterocycles. The van der Waals surface area contributed by atoms with Crippen LogP contribution in [0.15, 0.2) is 45.7 Å². The van der Waals surface area contributed by atoms with E-state index >= 15 is 0 Å². The van der Waals surface area contributed by atoms with Gasteiger partial charge in [-0.15, -0.1) is 0 Å². The molecule has 0 spiro atoms. The summed E-state index contributed by atoms with van der Waals surface area (Å²) < 4.78 is 18.8. The minimum Gasteiger partial charge on any atom is -0.548 e. The van der Waals surface area contributed by atoms with E-state index in [1.54, 1.807) is 31.2 Å². The van der Waals surface area contributed by atoms with Crippen molar-refractivity contribution in [1.29, 1.82) is 0 Å². The molecule has 1 fully saturated rings. The van der Waals surface area contributed by atoms with Gasteiger partial charge in [0.2, 0.25) is 0 Å². The fourth-order valence-electron chi connectivity index (χ4n) is 2.53. The summed E-state index contributed by atoms with van der Waals surface area (Å²) in [4.78, 5) is 25.1. The Labute approximate surface area is 158 Å². The van der Waals surface area contributed by atoms with Crippen molar-refractivity contribution in [3.05, 3.63) is 52.9 Å². The number of thioether (sulfide) groups is 1. The number of amides is 1. The summed E-state index contributed by atoms with van der Waals surface area (Å²) in [6, 6.07) is 8.10. The second-order valence-corrected chi connectivity index (χ2v) is 7.18. The molecule has 0 bridgehead atoms. The van der Waals surface area contributed by atoms with Gasteiger partial charge in [-0.2, -0.15) is 0 Å². The van der Waals surface area contributed by atoms with Gasteiger partial charge in [0.15, 0.2) is 0 Å². The van der Waals surface area contributed by atoms with Crippen molar-refractivity contribution < 1.29 is 23.5 Å². The Morgan fingerprint density at radius 2 is 2.04 bits per heavy atom. The maximum Gasteiger partial charge on any atom is 0.266 e. The van der Waals surface area contributed by atoms with Crippen molar-refractivity contribution in [3.63, 3.8) is 0 Å². The van der Waals surface area contributed by atoms with Crippen LogP contribution >= 0.6 is 24.0 Å². The van der Waals surface area contributed by atoms with E-state index in [0.29, 0.717) is 17.1 Å². The van der Waals surface area contributed by atoms with Crippen molar-refractivity contribution in [2.24, 2.45) is 0 Å². The molecule has 0 saturated carbocycles. The highest BCUT2D eigenvalue weighted by molar-refractivity contribution is 8.26. The number of carboxylic acids is 1. The number of carbonyl (C=O) groups is 2. The van der Waals surface area contributed by atoms with Gasteiger partial charge in [0.25, 0.3) is 5.91 Å². The molecular weight excluding hydrogens is 377 g/mol. The van der Waals surface area contributed by atoms with Gasteiger partial charge in [0, 0.05) is 11.6 Å². The number of benzene rings is 1. The molecule has 8 heteroatoms. The minimum absolute atomic E-state index is 0.169. The fraction of sp³-hybridized carbons (Fsp3) is 0.167. The van der Waals surface area contributed by atoms with Crippen molar-refractivity contribution in [1.82, 2.24) is 4.90 Å². The summed E-state index contributed by atoms with van der Waals surface area (Å²) >= 11 is 6.15. The van der Waals surface area contributed by atoms with Gasteiger partial charge in [-0.05, 0) is 42.8 Å². The Balaban J connectivity index is 1.85. The highest BCUT2D eigenvalue weighted by atomic mass is 32.2. The van der Waals surface area contributed by atoms with Gasteiger partial charge in [0.1, 0.15) is 21.7 Å². The van der Waals surface area contributed by atoms with Crippen LogP contribution in [-0.2, 0) is 9.59 Å². The van der Waals surface area contributed by atoms with Crippen LogP contribution in [-0.4, -0.2) is 27.1 Å². The van der Waals surface area contributed by atoms with Crippen LogP contribution in [0.3, 0.4) is 0 Å². The lowest BCUT2D eigenvalue weighted by Gasteiger charge is -2.26. The summed E-state index contributed by atoms with van der Waals surface area (Å²) in [5.74, 6) is -1.25. The molecule has 3 rings (SSSR count). The van der Waals surface area contributed by atoms with E-state index in [0.717, 1.165) is 16.7 Å². The molecule has 0 aliphatic carbocycles. The molecule has 1 aliphatic heterocycles. The highest BCUT2D eigenvalue weighted by Crippen LogP contribution is 2.35. The van der Waals surface area contributed by atoms with Crippen molar-refractivity contribution in [3.8, 4) is 11.3 Å². The Morgan fingerprint density at radius 1 is 1.35 bits per heavy atom. The summed E-state index contributed by atoms with van der Waals surface area (Å²) in [6.07, 6.45) is 1.70. The molecule has 134 valence electrons. The van der Waals surface area contributed by atoms with Gasteiger partial charge in [-0.25, -0.2) is 4.39 Å². The Bertz CT molecular complexity index is 904. The first-order chi connectivity index (χ1) is 12.4. The van der Waals surface area contributed by atoms with E-state index in [9.17, 15) is 19.1 Å². The zero-order valence-electron chi connectivity index (χ0n) is 13.6. The largest absolute Gasteiger partial charge is 0.548 e. The second-order valence-electron chi connectivity index (χ2n) is 5.50. The molecule has 1 aromatic heterocycles. The van der Waals surface area contributed by atoms with E-state index < -0.39 is 17.9 Å². The Morgan fingerprint density at radius 3 is 2.65 bits per heavy atom. The molecule has 1 aromatic carbocycles. The van der Waals surface area contributed by atoms with E-state index in [1.807, 2.05) is 0 Å². The molecule has 1 amide bonds. The first-order valence-corrected chi connectivity index (χ1v) is 8.97. The third kappa shape index (κ3) is 3.56. The number of rotatable bonds is 5. The van der Waals surface area contributed by atoms with Gasteiger partial charge in [0.05, 0.1) is 16.9 Å². The van der Waals surface area contributed by atoms with Crippen LogP contribution in [0.5, 0.6) is 0 Å². The number of nitrogens with zero attached hydrogens (tertiary/aromatic N) is 1.